The maximum Gasteiger partial charge on any atom is 0.272 e. The molecule has 2 aromatic rings. The van der Waals surface area contributed by atoms with Gasteiger partial charge in [0, 0.05) is 70.9 Å². The summed E-state index contributed by atoms with van der Waals surface area (Å²) in [5, 5.41) is 4.07. The van der Waals surface area contributed by atoms with Crippen LogP contribution in [0.4, 0.5) is 5.95 Å². The second kappa shape index (κ2) is 6.20. The van der Waals surface area contributed by atoms with E-state index < -0.39 is 0 Å². The van der Waals surface area contributed by atoms with Gasteiger partial charge in [-0.2, -0.15) is 5.10 Å². The number of aromatic nitrogens is 4. The number of carbonyl (C=O) groups excluding carboxylic acids is 1. The zero-order chi connectivity index (χ0) is 16.5. The molecule has 2 aliphatic rings. The van der Waals surface area contributed by atoms with Crippen molar-refractivity contribution in [1.29, 1.82) is 0 Å². The van der Waals surface area contributed by atoms with E-state index in [-0.39, 0.29) is 5.91 Å². The van der Waals surface area contributed by atoms with E-state index in [1.807, 2.05) is 11.0 Å². The van der Waals surface area contributed by atoms with Gasteiger partial charge in [-0.1, -0.05) is 0 Å². The summed E-state index contributed by atoms with van der Waals surface area (Å²) < 4.78 is 1.63. The molecule has 1 amide bonds. The van der Waals surface area contributed by atoms with Crippen molar-refractivity contribution in [3.05, 3.63) is 36.4 Å². The molecule has 0 radical (unpaired) electrons. The number of carbonyl (C=O) groups is 1. The van der Waals surface area contributed by atoms with Gasteiger partial charge >= 0.3 is 0 Å². The largest absolute Gasteiger partial charge is 0.338 e. The van der Waals surface area contributed by atoms with E-state index in [1.165, 1.54) is 0 Å². The maximum atomic E-state index is 12.4. The van der Waals surface area contributed by atoms with E-state index in [0.29, 0.717) is 11.7 Å². The summed E-state index contributed by atoms with van der Waals surface area (Å²) in [6.07, 6.45) is 5.22. The van der Waals surface area contributed by atoms with Gasteiger partial charge in [0.2, 0.25) is 5.95 Å². The molecule has 4 rings (SSSR count). The highest BCUT2D eigenvalue weighted by Crippen LogP contribution is 2.20. The van der Waals surface area contributed by atoms with Crippen LogP contribution in [0.25, 0.3) is 0 Å². The number of nitrogens with zero attached hydrogens (tertiary/aromatic N) is 7. The SMILES string of the molecule is Cn1nccc1C(=O)N1CC(N2CCN(c3ncccn3)CC2)C1. The summed E-state index contributed by atoms with van der Waals surface area (Å²) in [5.74, 6) is 0.876. The monoisotopic (exact) mass is 327 g/mol. The zero-order valence-corrected chi connectivity index (χ0v) is 13.7. The Hall–Kier alpha value is -2.48. The van der Waals surface area contributed by atoms with Crippen molar-refractivity contribution in [3.8, 4) is 0 Å². The maximum absolute atomic E-state index is 12.4. The number of amides is 1. The minimum absolute atomic E-state index is 0.0718. The van der Waals surface area contributed by atoms with Crippen LogP contribution < -0.4 is 4.90 Å². The molecule has 0 saturated carbocycles. The highest BCUT2D eigenvalue weighted by atomic mass is 16.2. The van der Waals surface area contributed by atoms with Gasteiger partial charge in [-0.15, -0.1) is 0 Å². The van der Waals surface area contributed by atoms with E-state index in [4.69, 9.17) is 0 Å². The summed E-state index contributed by atoms with van der Waals surface area (Å²) in [5.41, 5.74) is 0.652. The molecule has 0 unspecified atom stereocenters. The standard InChI is InChI=1S/C16H21N7O/c1-20-14(3-6-19-20)15(24)23-11-13(12-23)21-7-9-22(10-8-21)16-17-4-2-5-18-16/h2-6,13H,7-12H2,1H3. The van der Waals surface area contributed by atoms with Crippen LogP contribution in [0.15, 0.2) is 30.7 Å². The smallest absolute Gasteiger partial charge is 0.272 e. The van der Waals surface area contributed by atoms with Crippen LogP contribution >= 0.6 is 0 Å². The van der Waals surface area contributed by atoms with E-state index in [0.717, 1.165) is 45.2 Å². The molecule has 8 heteroatoms. The fourth-order valence-corrected chi connectivity index (χ4v) is 3.34. The highest BCUT2D eigenvalue weighted by Gasteiger charge is 2.37. The Morgan fingerprint density at radius 1 is 1.08 bits per heavy atom. The fraction of sp³-hybridized carbons (Fsp3) is 0.500. The summed E-state index contributed by atoms with van der Waals surface area (Å²) in [6, 6.07) is 4.07. The third-order valence-corrected chi connectivity index (χ3v) is 4.86. The van der Waals surface area contributed by atoms with Crippen molar-refractivity contribution >= 4 is 11.9 Å². The molecule has 2 aliphatic heterocycles. The lowest BCUT2D eigenvalue weighted by atomic mass is 10.1. The van der Waals surface area contributed by atoms with E-state index >= 15 is 0 Å². The lowest BCUT2D eigenvalue weighted by Gasteiger charge is -2.48. The molecule has 2 aromatic heterocycles. The predicted molar refractivity (Wildman–Crippen MR) is 88.7 cm³/mol. The quantitative estimate of drug-likeness (QED) is 0.781. The molecule has 8 nitrogen and oxygen atoms in total. The third kappa shape index (κ3) is 2.73. The normalized spacial score (nSPS) is 19.4. The Morgan fingerprint density at radius 3 is 2.42 bits per heavy atom. The van der Waals surface area contributed by atoms with E-state index in [9.17, 15) is 4.79 Å². The molecule has 126 valence electrons. The van der Waals surface area contributed by atoms with Crippen molar-refractivity contribution in [3.63, 3.8) is 0 Å². The van der Waals surface area contributed by atoms with E-state index in [1.54, 1.807) is 36.4 Å². The minimum atomic E-state index is 0.0718. The summed E-state index contributed by atoms with van der Waals surface area (Å²) >= 11 is 0. The fourth-order valence-electron chi connectivity index (χ4n) is 3.34. The van der Waals surface area contributed by atoms with Crippen LogP contribution in [0.1, 0.15) is 10.5 Å². The number of hydrogen-bond donors (Lipinski definition) is 0. The first-order valence-corrected chi connectivity index (χ1v) is 8.25. The molecule has 2 fully saturated rings. The van der Waals surface area contributed by atoms with Crippen molar-refractivity contribution in [1.82, 2.24) is 29.5 Å². The average Bonchev–Trinajstić information content (AvgIpc) is 3.01. The molecule has 0 N–H and O–H groups in total. The zero-order valence-electron chi connectivity index (χ0n) is 13.7. The Kier molecular flexibility index (Phi) is 3.89. The molecule has 0 aromatic carbocycles. The lowest BCUT2D eigenvalue weighted by Crippen LogP contribution is -2.64. The van der Waals surface area contributed by atoms with Gasteiger partial charge in [0.15, 0.2) is 0 Å². The van der Waals surface area contributed by atoms with Crippen molar-refractivity contribution < 1.29 is 4.79 Å². The topological polar surface area (TPSA) is 70.4 Å². The molecule has 2 saturated heterocycles. The molecular weight excluding hydrogens is 306 g/mol. The number of hydrogen-bond acceptors (Lipinski definition) is 6. The first-order chi connectivity index (χ1) is 11.7. The van der Waals surface area contributed by atoms with Gasteiger partial charge in [-0.3, -0.25) is 14.4 Å². The molecule has 0 spiro atoms. The Bertz CT molecular complexity index is 702. The van der Waals surface area contributed by atoms with Gasteiger partial charge < -0.3 is 9.80 Å². The second-order valence-electron chi connectivity index (χ2n) is 6.28. The third-order valence-electron chi connectivity index (χ3n) is 4.86. The van der Waals surface area contributed by atoms with Crippen LogP contribution in [0.2, 0.25) is 0 Å². The Balaban J connectivity index is 1.28. The molecule has 24 heavy (non-hydrogen) atoms. The lowest BCUT2D eigenvalue weighted by molar-refractivity contribution is 0.0237. The Labute approximate surface area is 140 Å². The number of likely N-dealkylation sites (tertiary alicyclic amines) is 1. The first kappa shape index (κ1) is 15.1. The van der Waals surface area contributed by atoms with E-state index in [2.05, 4.69) is 24.9 Å². The van der Waals surface area contributed by atoms with Crippen molar-refractivity contribution in [2.24, 2.45) is 7.05 Å². The summed E-state index contributed by atoms with van der Waals surface area (Å²) in [7, 11) is 1.80. The average molecular weight is 327 g/mol. The molecule has 0 atom stereocenters. The van der Waals surface area contributed by atoms with Gasteiger partial charge in [-0.25, -0.2) is 9.97 Å². The van der Waals surface area contributed by atoms with Gasteiger partial charge in [-0.05, 0) is 12.1 Å². The number of piperazine rings is 1. The van der Waals surface area contributed by atoms with Gasteiger partial charge in [0.25, 0.3) is 5.91 Å². The van der Waals surface area contributed by atoms with Crippen LogP contribution in [0.3, 0.4) is 0 Å². The summed E-state index contributed by atoms with van der Waals surface area (Å²) in [6.45, 7) is 5.41. The number of aryl methyl sites for hydroxylation is 1. The van der Waals surface area contributed by atoms with Crippen molar-refractivity contribution in [2.45, 2.75) is 6.04 Å². The highest BCUT2D eigenvalue weighted by molar-refractivity contribution is 5.93. The summed E-state index contributed by atoms with van der Waals surface area (Å²) in [4.78, 5) is 27.6. The van der Waals surface area contributed by atoms with Crippen LogP contribution in [0, 0.1) is 0 Å². The molecule has 0 aliphatic carbocycles. The number of anilines is 1. The predicted octanol–water partition coefficient (Wildman–Crippen LogP) is -0.143. The van der Waals surface area contributed by atoms with Crippen LogP contribution in [-0.4, -0.2) is 80.8 Å². The van der Waals surface area contributed by atoms with Crippen molar-refractivity contribution in [2.75, 3.05) is 44.2 Å². The number of rotatable bonds is 3. The minimum Gasteiger partial charge on any atom is -0.338 e. The molecule has 0 bridgehead atoms. The van der Waals surface area contributed by atoms with Gasteiger partial charge in [0.1, 0.15) is 5.69 Å². The van der Waals surface area contributed by atoms with Crippen LogP contribution in [-0.2, 0) is 7.05 Å². The Morgan fingerprint density at radius 2 is 1.79 bits per heavy atom. The van der Waals surface area contributed by atoms with Crippen LogP contribution in [0.5, 0.6) is 0 Å². The molecular formula is C16H21N7O. The second-order valence-corrected chi connectivity index (χ2v) is 6.28. The molecule has 4 heterocycles. The van der Waals surface area contributed by atoms with Gasteiger partial charge in [0.05, 0.1) is 0 Å². The first-order valence-electron chi connectivity index (χ1n) is 8.25.